The maximum atomic E-state index is 12.2. The molecule has 0 heterocycles. The Morgan fingerprint density at radius 1 is 0.756 bits per heavy atom. The summed E-state index contributed by atoms with van der Waals surface area (Å²) in [5, 5.41) is 9.90. The van der Waals surface area contributed by atoms with Gasteiger partial charge in [-0.2, -0.15) is 0 Å². The molecule has 0 aliphatic carbocycles. The molecule has 0 spiro atoms. The predicted octanol–water partition coefficient (Wildman–Crippen LogP) is 6.06. The fourth-order valence-electron chi connectivity index (χ4n) is 4.03. The van der Waals surface area contributed by atoms with Crippen molar-refractivity contribution >= 4 is 51.3 Å². The van der Waals surface area contributed by atoms with Gasteiger partial charge in [-0.15, -0.1) is 0 Å². The highest BCUT2D eigenvalue weighted by Gasteiger charge is 2.21. The Bertz CT molecular complexity index is 1590. The Labute approximate surface area is 242 Å². The van der Waals surface area contributed by atoms with Gasteiger partial charge in [0, 0.05) is 6.07 Å². The van der Waals surface area contributed by atoms with E-state index in [0.29, 0.717) is 5.69 Å². The first-order chi connectivity index (χ1) is 19.6. The monoisotopic (exact) mass is 594 g/mol. The summed E-state index contributed by atoms with van der Waals surface area (Å²) in [6.45, 7) is 5.73. The van der Waals surface area contributed by atoms with Crippen molar-refractivity contribution < 1.29 is 36.9 Å². The molecule has 4 aromatic rings. The average molecular weight is 595 g/mol. The van der Waals surface area contributed by atoms with Crippen molar-refractivity contribution in [3.05, 3.63) is 102 Å². The summed E-state index contributed by atoms with van der Waals surface area (Å²) in [4.78, 5) is 12.2. The molecule has 2 unspecified atom stereocenters. The van der Waals surface area contributed by atoms with Gasteiger partial charge in [0.15, 0.2) is 0 Å². The highest BCUT2D eigenvalue weighted by Crippen LogP contribution is 2.40. The molecule has 0 fully saturated rings. The number of carboxylic acid groups (broad SMARTS) is 1. The fourth-order valence-corrected chi connectivity index (χ4v) is 5.25. The molecule has 12 heteroatoms. The second-order valence-electron chi connectivity index (χ2n) is 8.84. The number of anilines is 4. The number of nitrogens with zero attached hydrogens (tertiary/aromatic N) is 2. The Hall–Kier alpha value is -4.23. The van der Waals surface area contributed by atoms with E-state index in [4.69, 9.17) is 9.47 Å². The Morgan fingerprint density at radius 2 is 1.22 bits per heavy atom. The van der Waals surface area contributed by atoms with Gasteiger partial charge in [0.05, 0.1) is 57.5 Å². The number of aryl methyl sites for hydroxylation is 2. The zero-order valence-corrected chi connectivity index (χ0v) is 23.9. The number of hydrogen-bond acceptors (Lipinski definition) is 7. The lowest BCUT2D eigenvalue weighted by atomic mass is 10.1. The van der Waals surface area contributed by atoms with Crippen LogP contribution in [0.3, 0.4) is 0 Å². The van der Waals surface area contributed by atoms with Crippen LogP contribution in [0.25, 0.3) is 0 Å². The van der Waals surface area contributed by atoms with Crippen LogP contribution in [0.5, 0.6) is 17.2 Å². The van der Waals surface area contributed by atoms with Crippen LogP contribution in [0.2, 0.25) is 0 Å². The normalized spacial score (nSPS) is 12.3. The maximum absolute atomic E-state index is 12.2. The van der Waals surface area contributed by atoms with Crippen LogP contribution in [0, 0.1) is 13.8 Å². The minimum atomic E-state index is -2.81. The lowest BCUT2D eigenvalue weighted by Gasteiger charge is -2.28. The summed E-state index contributed by atoms with van der Waals surface area (Å²) >= 11 is -5.47. The third-order valence-corrected chi connectivity index (χ3v) is 7.35. The number of hydrogen-bond donors (Lipinski definition) is 1. The lowest BCUT2D eigenvalue weighted by molar-refractivity contribution is 0.0697. The topological polar surface area (TPSA) is 142 Å². The first kappa shape index (κ1) is 29.7. The van der Waals surface area contributed by atoms with E-state index < -0.39 is 28.5 Å². The van der Waals surface area contributed by atoms with E-state index in [1.807, 2.05) is 13.8 Å². The van der Waals surface area contributed by atoms with Gasteiger partial charge in [-0.05, 0) is 75.4 Å². The first-order valence-corrected chi connectivity index (χ1v) is 14.4. The molecule has 10 nitrogen and oxygen atoms in total. The van der Waals surface area contributed by atoms with E-state index >= 15 is 0 Å². The van der Waals surface area contributed by atoms with Crippen LogP contribution in [0.15, 0.2) is 84.9 Å². The van der Waals surface area contributed by atoms with Crippen molar-refractivity contribution in [3.8, 4) is 17.2 Å². The van der Waals surface area contributed by atoms with Crippen LogP contribution < -0.4 is 18.1 Å². The van der Waals surface area contributed by atoms with Crippen molar-refractivity contribution in [2.45, 2.75) is 20.8 Å². The molecule has 0 bridgehead atoms. The van der Waals surface area contributed by atoms with Gasteiger partial charge in [0.25, 0.3) is 0 Å². The van der Waals surface area contributed by atoms with Crippen LogP contribution in [-0.2, 0) is 22.5 Å². The summed E-state index contributed by atoms with van der Waals surface area (Å²) in [5.41, 5.74) is 2.44. The van der Waals surface area contributed by atoms with Crippen LogP contribution >= 0.6 is 0 Å². The zero-order valence-electron chi connectivity index (χ0n) is 22.3. The first-order valence-electron chi connectivity index (χ1n) is 12.3. The molecule has 4 rings (SSSR count). The standard InChI is InChI=1S/C29H28N2O8S2/c1-4-38-28-18-24(14-16-27(28)31(41(36)37)22-11-7-20(3)8-12-22)39-23-13-15-26(25(17-23)29(32)33)30(40(34)35)21-9-5-19(2)6-10-21/h5-18H,4H2,1-3H3,(H,32,33)(H,34,35)(H,36,37)/p-2. The van der Waals surface area contributed by atoms with Crippen molar-refractivity contribution in [1.82, 2.24) is 0 Å². The van der Waals surface area contributed by atoms with Crippen molar-refractivity contribution in [2.24, 2.45) is 0 Å². The van der Waals surface area contributed by atoms with E-state index in [2.05, 4.69) is 0 Å². The van der Waals surface area contributed by atoms with Crippen molar-refractivity contribution in [2.75, 3.05) is 15.2 Å². The quantitative estimate of drug-likeness (QED) is 0.207. The SMILES string of the molecule is CCOc1cc(Oc2ccc(N(c3ccc(C)cc3)S(=O)[O-])c(C(=O)O)c2)ccc1N(c1ccc(C)cc1)S(=O)[O-]. The summed E-state index contributed by atoms with van der Waals surface area (Å²) in [7, 11) is 0. The van der Waals surface area contributed by atoms with Gasteiger partial charge in [-0.1, -0.05) is 35.4 Å². The molecule has 0 saturated heterocycles. The number of rotatable bonds is 11. The molecule has 1 N–H and O–H groups in total. The van der Waals surface area contributed by atoms with Crippen LogP contribution in [0.1, 0.15) is 28.4 Å². The maximum Gasteiger partial charge on any atom is 0.337 e. The third-order valence-electron chi connectivity index (χ3n) is 5.94. The van der Waals surface area contributed by atoms with Gasteiger partial charge in [-0.25, -0.2) is 4.79 Å². The van der Waals surface area contributed by atoms with E-state index in [-0.39, 0.29) is 46.5 Å². The Kier molecular flexibility index (Phi) is 9.40. The number of aromatic carboxylic acids is 1. The summed E-state index contributed by atoms with van der Waals surface area (Å²) in [5.74, 6) is -0.781. The second kappa shape index (κ2) is 13.0. The van der Waals surface area contributed by atoms with Gasteiger partial charge in [-0.3, -0.25) is 17.0 Å². The molecule has 0 radical (unpaired) electrons. The minimum Gasteiger partial charge on any atom is -0.755 e. The van der Waals surface area contributed by atoms with Gasteiger partial charge in [0.2, 0.25) is 0 Å². The van der Waals surface area contributed by atoms with E-state index in [9.17, 15) is 27.4 Å². The molecule has 0 amide bonds. The van der Waals surface area contributed by atoms with Crippen molar-refractivity contribution in [1.29, 1.82) is 0 Å². The number of ether oxygens (including phenoxy) is 2. The average Bonchev–Trinajstić information content (AvgIpc) is 2.92. The van der Waals surface area contributed by atoms with Crippen molar-refractivity contribution in [3.63, 3.8) is 0 Å². The largest absolute Gasteiger partial charge is 0.755 e. The summed E-state index contributed by atoms with van der Waals surface area (Å²) in [6, 6.07) is 22.0. The smallest absolute Gasteiger partial charge is 0.337 e. The van der Waals surface area contributed by atoms with E-state index in [1.165, 1.54) is 36.4 Å². The minimum absolute atomic E-state index is 0.0703. The van der Waals surface area contributed by atoms with Gasteiger partial charge in [0.1, 0.15) is 17.2 Å². The Balaban J connectivity index is 1.70. The number of carboxylic acids is 1. The lowest BCUT2D eigenvalue weighted by Crippen LogP contribution is -2.22. The second-order valence-corrected chi connectivity index (χ2v) is 10.4. The molecule has 214 valence electrons. The predicted molar refractivity (Wildman–Crippen MR) is 156 cm³/mol. The summed E-state index contributed by atoms with van der Waals surface area (Å²) < 4.78 is 62.3. The molecule has 2 atom stereocenters. The van der Waals surface area contributed by atoms with Gasteiger partial charge >= 0.3 is 5.97 Å². The summed E-state index contributed by atoms with van der Waals surface area (Å²) in [6.07, 6.45) is 0. The molecular weight excluding hydrogens is 568 g/mol. The highest BCUT2D eigenvalue weighted by atomic mass is 32.2. The molecular formula is C29H26N2O8S2-2. The molecule has 0 aliphatic heterocycles. The number of benzene rings is 4. The van der Waals surface area contributed by atoms with E-state index in [1.54, 1.807) is 55.5 Å². The third kappa shape index (κ3) is 6.92. The van der Waals surface area contributed by atoms with Gasteiger partial charge < -0.3 is 23.7 Å². The van der Waals surface area contributed by atoms with E-state index in [0.717, 1.165) is 19.7 Å². The van der Waals surface area contributed by atoms with Crippen LogP contribution in [-0.4, -0.2) is 35.2 Å². The number of carbonyl (C=O) groups is 1. The highest BCUT2D eigenvalue weighted by molar-refractivity contribution is 7.81. The molecule has 0 aliphatic rings. The molecule has 0 aromatic heterocycles. The molecule has 0 saturated carbocycles. The van der Waals surface area contributed by atoms with Crippen LogP contribution in [0.4, 0.5) is 22.7 Å². The Morgan fingerprint density at radius 3 is 1.68 bits per heavy atom. The molecule has 41 heavy (non-hydrogen) atoms. The fraction of sp³-hybridized carbons (Fsp3) is 0.138. The molecule has 4 aromatic carbocycles. The zero-order chi connectivity index (χ0) is 29.7.